The third-order valence-electron chi connectivity index (χ3n) is 4.28. The highest BCUT2D eigenvalue weighted by Gasteiger charge is 2.26. The van der Waals surface area contributed by atoms with Gasteiger partial charge in [-0.3, -0.25) is 9.78 Å². The van der Waals surface area contributed by atoms with Crippen LogP contribution >= 0.6 is 0 Å². The van der Waals surface area contributed by atoms with Crippen LogP contribution in [0.2, 0.25) is 0 Å². The molecule has 0 radical (unpaired) electrons. The van der Waals surface area contributed by atoms with Gasteiger partial charge in [0.15, 0.2) is 11.6 Å². The van der Waals surface area contributed by atoms with Crippen molar-refractivity contribution >= 4 is 23.4 Å². The molecule has 7 nitrogen and oxygen atoms in total. The lowest BCUT2D eigenvalue weighted by atomic mass is 10.2. The number of hydrogen-bond donors (Lipinski definition) is 1. The van der Waals surface area contributed by atoms with Crippen molar-refractivity contribution in [3.63, 3.8) is 0 Å². The summed E-state index contributed by atoms with van der Waals surface area (Å²) >= 11 is 0. The topological polar surface area (TPSA) is 74.8 Å². The molecule has 0 bridgehead atoms. The molecule has 1 saturated heterocycles. The maximum Gasteiger partial charge on any atom is 0.409 e. The number of aromatic nitrogens is 1. The summed E-state index contributed by atoms with van der Waals surface area (Å²) in [5, 5.41) is 2.92. The van der Waals surface area contributed by atoms with Gasteiger partial charge in [0.2, 0.25) is 0 Å². The van der Waals surface area contributed by atoms with Crippen LogP contribution in [0, 0.1) is 11.6 Å². The van der Waals surface area contributed by atoms with Gasteiger partial charge in [0.25, 0.3) is 5.91 Å². The molecule has 2 aromatic rings. The number of carbonyl (C=O) groups is 2. The number of rotatable bonds is 4. The maximum absolute atomic E-state index is 13.3. The van der Waals surface area contributed by atoms with Crippen molar-refractivity contribution in [1.82, 2.24) is 14.8 Å². The molecule has 0 aliphatic carbocycles. The molecule has 9 heteroatoms. The molecule has 1 aromatic carbocycles. The number of piperazine rings is 1. The third kappa shape index (κ3) is 4.54. The van der Waals surface area contributed by atoms with Crippen LogP contribution in [0.5, 0.6) is 0 Å². The van der Waals surface area contributed by atoms with Crippen LogP contribution < -0.4 is 5.32 Å². The van der Waals surface area contributed by atoms with E-state index < -0.39 is 11.6 Å². The number of nitrogens with one attached hydrogen (secondary N) is 1. The Labute approximate surface area is 160 Å². The van der Waals surface area contributed by atoms with Crippen LogP contribution in [0.3, 0.4) is 0 Å². The lowest BCUT2D eigenvalue weighted by molar-refractivity contribution is 0.0566. The normalized spacial score (nSPS) is 14.0. The summed E-state index contributed by atoms with van der Waals surface area (Å²) in [5.74, 6) is -2.16. The molecule has 2 amide bonds. The molecule has 0 atom stereocenters. The average Bonchev–Trinajstić information content (AvgIpc) is 2.71. The number of nitrogens with zero attached hydrogens (tertiary/aromatic N) is 3. The van der Waals surface area contributed by atoms with E-state index in [-0.39, 0.29) is 17.7 Å². The smallest absolute Gasteiger partial charge is 0.409 e. The van der Waals surface area contributed by atoms with Gasteiger partial charge in [-0.25, -0.2) is 13.6 Å². The summed E-state index contributed by atoms with van der Waals surface area (Å²) in [7, 11) is 0. The van der Waals surface area contributed by atoms with Crippen LogP contribution in [-0.2, 0) is 4.74 Å². The maximum atomic E-state index is 13.3. The minimum absolute atomic E-state index is 0.220. The monoisotopic (exact) mass is 390 g/mol. The van der Waals surface area contributed by atoms with Gasteiger partial charge in [0.05, 0.1) is 6.61 Å². The van der Waals surface area contributed by atoms with Gasteiger partial charge >= 0.3 is 6.09 Å². The van der Waals surface area contributed by atoms with Crippen LogP contribution in [0.4, 0.5) is 25.0 Å². The molecule has 0 saturated carbocycles. The molecule has 2 heterocycles. The first-order valence-electron chi connectivity index (χ1n) is 8.87. The highest BCUT2D eigenvalue weighted by atomic mass is 19.2. The minimum atomic E-state index is -0.963. The molecule has 148 valence electrons. The fourth-order valence-electron chi connectivity index (χ4n) is 2.83. The zero-order valence-electron chi connectivity index (χ0n) is 15.3. The Kier molecular flexibility index (Phi) is 6.03. The second-order valence-corrected chi connectivity index (χ2v) is 6.16. The molecule has 28 heavy (non-hydrogen) atoms. The quantitative estimate of drug-likeness (QED) is 0.869. The van der Waals surface area contributed by atoms with Gasteiger partial charge < -0.3 is 19.9 Å². The van der Waals surface area contributed by atoms with Crippen molar-refractivity contribution in [2.45, 2.75) is 6.92 Å². The zero-order valence-corrected chi connectivity index (χ0v) is 15.3. The van der Waals surface area contributed by atoms with Crippen molar-refractivity contribution in [3.8, 4) is 0 Å². The number of ether oxygens (including phenoxy) is 1. The van der Waals surface area contributed by atoms with Crippen molar-refractivity contribution in [3.05, 3.63) is 53.9 Å². The lowest BCUT2D eigenvalue weighted by Crippen LogP contribution is -2.50. The van der Waals surface area contributed by atoms with E-state index in [1.165, 1.54) is 12.3 Å². The molecule has 1 aliphatic heterocycles. The van der Waals surface area contributed by atoms with Gasteiger partial charge in [-0.2, -0.15) is 0 Å². The SMILES string of the molecule is CCOC(=O)N1CCN(C(=O)c2cc(Nc3ccc(F)c(F)c3)ccn2)CC1. The Morgan fingerprint density at radius 3 is 2.39 bits per heavy atom. The molecule has 3 rings (SSSR count). The largest absolute Gasteiger partial charge is 0.450 e. The Hall–Kier alpha value is -3.23. The van der Waals surface area contributed by atoms with Gasteiger partial charge in [-0.1, -0.05) is 0 Å². The number of carbonyl (C=O) groups excluding carboxylic acids is 2. The van der Waals surface area contributed by atoms with Crippen molar-refractivity contribution in [2.24, 2.45) is 0 Å². The Balaban J connectivity index is 1.64. The first kappa shape index (κ1) is 19.5. The fraction of sp³-hybridized carbons (Fsp3) is 0.316. The second-order valence-electron chi connectivity index (χ2n) is 6.16. The molecule has 0 spiro atoms. The van der Waals surface area contributed by atoms with E-state index in [0.717, 1.165) is 12.1 Å². The summed E-state index contributed by atoms with van der Waals surface area (Å²) in [4.78, 5) is 31.7. The average molecular weight is 390 g/mol. The first-order chi connectivity index (χ1) is 13.5. The van der Waals surface area contributed by atoms with E-state index in [2.05, 4.69) is 10.3 Å². The van der Waals surface area contributed by atoms with Crippen LogP contribution in [0.25, 0.3) is 0 Å². The highest BCUT2D eigenvalue weighted by molar-refractivity contribution is 5.93. The summed E-state index contributed by atoms with van der Waals surface area (Å²) < 4.78 is 31.3. The summed E-state index contributed by atoms with van der Waals surface area (Å²) in [6, 6.07) is 6.62. The standard InChI is InChI=1S/C19H20F2N4O3/c1-2-28-19(27)25-9-7-24(8-10-25)18(26)17-12-14(5-6-22-17)23-13-3-4-15(20)16(21)11-13/h3-6,11-12H,2,7-10H2,1H3,(H,22,23). The minimum Gasteiger partial charge on any atom is -0.450 e. The van der Waals surface area contributed by atoms with Gasteiger partial charge in [-0.15, -0.1) is 0 Å². The van der Waals surface area contributed by atoms with E-state index in [1.807, 2.05) is 0 Å². The zero-order chi connectivity index (χ0) is 20.1. The summed E-state index contributed by atoms with van der Waals surface area (Å²) in [6.07, 6.45) is 1.08. The number of anilines is 2. The number of amides is 2. The molecule has 1 aliphatic rings. The van der Waals surface area contributed by atoms with Crippen molar-refractivity contribution in [1.29, 1.82) is 0 Å². The van der Waals surface area contributed by atoms with Crippen LogP contribution in [0.1, 0.15) is 17.4 Å². The molecule has 1 aromatic heterocycles. The lowest BCUT2D eigenvalue weighted by Gasteiger charge is -2.33. The van der Waals surface area contributed by atoms with Crippen LogP contribution in [0.15, 0.2) is 36.5 Å². The molecular formula is C19H20F2N4O3. The van der Waals surface area contributed by atoms with E-state index in [4.69, 9.17) is 4.74 Å². The van der Waals surface area contributed by atoms with E-state index in [0.29, 0.717) is 44.2 Å². The number of hydrogen-bond acceptors (Lipinski definition) is 5. The molecule has 0 unspecified atom stereocenters. The second kappa shape index (κ2) is 8.64. The predicted octanol–water partition coefficient (Wildman–Crippen LogP) is 3.02. The fourth-order valence-corrected chi connectivity index (χ4v) is 2.83. The Morgan fingerprint density at radius 2 is 1.71 bits per heavy atom. The third-order valence-corrected chi connectivity index (χ3v) is 4.28. The van der Waals surface area contributed by atoms with Crippen molar-refractivity contribution in [2.75, 3.05) is 38.1 Å². The number of halogens is 2. The Bertz CT molecular complexity index is 870. The highest BCUT2D eigenvalue weighted by Crippen LogP contribution is 2.20. The molecule has 1 fully saturated rings. The molecular weight excluding hydrogens is 370 g/mol. The van der Waals surface area contributed by atoms with E-state index in [1.54, 1.807) is 28.9 Å². The van der Waals surface area contributed by atoms with Gasteiger partial charge in [0.1, 0.15) is 5.69 Å². The number of pyridine rings is 1. The van der Waals surface area contributed by atoms with Crippen LogP contribution in [-0.4, -0.2) is 59.6 Å². The summed E-state index contributed by atoms with van der Waals surface area (Å²) in [5.41, 5.74) is 1.10. The number of benzene rings is 1. The molecule has 1 N–H and O–H groups in total. The van der Waals surface area contributed by atoms with E-state index in [9.17, 15) is 18.4 Å². The predicted molar refractivity (Wildman–Crippen MR) is 98.4 cm³/mol. The summed E-state index contributed by atoms with van der Waals surface area (Å²) in [6.45, 7) is 3.57. The Morgan fingerprint density at radius 1 is 1.04 bits per heavy atom. The van der Waals surface area contributed by atoms with E-state index >= 15 is 0 Å². The van der Waals surface area contributed by atoms with Gasteiger partial charge in [-0.05, 0) is 31.2 Å². The first-order valence-corrected chi connectivity index (χ1v) is 8.87. The van der Waals surface area contributed by atoms with Crippen molar-refractivity contribution < 1.29 is 23.1 Å². The van der Waals surface area contributed by atoms with Gasteiger partial charge in [0, 0.05) is 49.8 Å².